The molecule has 6 rings (SSSR count). The lowest BCUT2D eigenvalue weighted by Gasteiger charge is -2.36. The van der Waals surface area contributed by atoms with Gasteiger partial charge in [-0.05, 0) is 78.5 Å². The fourth-order valence-corrected chi connectivity index (χ4v) is 7.42. The first-order valence-electron chi connectivity index (χ1n) is 10.8. The Balaban J connectivity index is 1.58. The molecule has 6 nitrogen and oxygen atoms in total. The van der Waals surface area contributed by atoms with Crippen LogP contribution in [-0.2, 0) is 19.9 Å². The molecule has 3 saturated heterocycles. The van der Waals surface area contributed by atoms with Crippen molar-refractivity contribution in [1.29, 1.82) is 0 Å². The molecule has 0 bridgehead atoms. The number of carbonyl (C=O) groups excluding carboxylic acids is 3. The Morgan fingerprint density at radius 2 is 1.88 bits per heavy atom. The minimum atomic E-state index is -1.21. The smallest absolute Gasteiger partial charge is 0.250 e. The van der Waals surface area contributed by atoms with Gasteiger partial charge in [0.1, 0.15) is 5.54 Å². The highest BCUT2D eigenvalue weighted by molar-refractivity contribution is 9.10. The van der Waals surface area contributed by atoms with Crippen molar-refractivity contribution >= 4 is 56.6 Å². The maximum atomic E-state index is 14.0. The van der Waals surface area contributed by atoms with Crippen molar-refractivity contribution in [3.05, 3.63) is 56.5 Å². The average molecular weight is 515 g/mol. The minimum Gasteiger partial charge on any atom is -0.323 e. The highest BCUT2D eigenvalue weighted by atomic mass is 79.9. The van der Waals surface area contributed by atoms with E-state index >= 15 is 0 Å². The monoisotopic (exact) mass is 513 g/mol. The first-order chi connectivity index (χ1) is 15.3. The van der Waals surface area contributed by atoms with Gasteiger partial charge in [0.25, 0.3) is 5.91 Å². The molecule has 1 spiro atoms. The summed E-state index contributed by atoms with van der Waals surface area (Å²) in [5, 5.41) is 3.41. The molecule has 0 saturated carbocycles. The molecule has 2 aromatic carbocycles. The van der Waals surface area contributed by atoms with Gasteiger partial charge in [-0.3, -0.25) is 19.3 Å². The number of nitrogens with one attached hydrogen (secondary N) is 1. The van der Waals surface area contributed by atoms with Gasteiger partial charge in [-0.25, -0.2) is 4.90 Å². The van der Waals surface area contributed by atoms with Crippen LogP contribution in [0.5, 0.6) is 0 Å². The van der Waals surface area contributed by atoms with Gasteiger partial charge in [0.05, 0.1) is 28.2 Å². The SMILES string of the molecule is Cc1ccc(N2C(=O)[C@@H]3[C@@H]4CCCN4[C@]4(C(=O)Nc5c(Cl)cc(C)cc54)[C@H]3C2=O)c(Br)c1. The summed E-state index contributed by atoms with van der Waals surface area (Å²) in [7, 11) is 0. The van der Waals surface area contributed by atoms with Crippen LogP contribution in [0.2, 0.25) is 5.02 Å². The number of imide groups is 1. The van der Waals surface area contributed by atoms with Gasteiger partial charge in [-0.15, -0.1) is 0 Å². The zero-order valence-corrected chi connectivity index (χ0v) is 20.0. The average Bonchev–Trinajstić information content (AvgIpc) is 3.42. The highest BCUT2D eigenvalue weighted by Crippen LogP contribution is 2.61. The molecular weight excluding hydrogens is 494 g/mol. The van der Waals surface area contributed by atoms with E-state index in [4.69, 9.17) is 11.6 Å². The molecule has 4 aliphatic heterocycles. The number of fused-ring (bicyclic) bond motifs is 7. The maximum Gasteiger partial charge on any atom is 0.250 e. The minimum absolute atomic E-state index is 0.151. The Morgan fingerprint density at radius 3 is 2.62 bits per heavy atom. The van der Waals surface area contributed by atoms with Crippen LogP contribution < -0.4 is 10.2 Å². The normalized spacial score (nSPS) is 30.8. The third-order valence-corrected chi connectivity index (χ3v) is 8.48. The molecular formula is C24H21BrClN3O3. The van der Waals surface area contributed by atoms with E-state index in [-0.39, 0.29) is 23.8 Å². The Hall–Kier alpha value is -2.22. The second kappa shape index (κ2) is 6.65. The van der Waals surface area contributed by atoms with Crippen LogP contribution in [-0.4, -0.2) is 35.2 Å². The Morgan fingerprint density at radius 1 is 1.09 bits per heavy atom. The van der Waals surface area contributed by atoms with Gasteiger partial charge in [-0.1, -0.05) is 23.7 Å². The van der Waals surface area contributed by atoms with Crippen molar-refractivity contribution < 1.29 is 14.4 Å². The topological polar surface area (TPSA) is 69.7 Å². The molecule has 0 unspecified atom stereocenters. The maximum absolute atomic E-state index is 14.0. The van der Waals surface area contributed by atoms with Crippen LogP contribution in [0.25, 0.3) is 0 Å². The number of benzene rings is 2. The van der Waals surface area contributed by atoms with Gasteiger partial charge < -0.3 is 5.32 Å². The predicted molar refractivity (Wildman–Crippen MR) is 125 cm³/mol. The lowest BCUT2D eigenvalue weighted by Crippen LogP contribution is -2.54. The summed E-state index contributed by atoms with van der Waals surface area (Å²) in [5.74, 6) is -2.15. The summed E-state index contributed by atoms with van der Waals surface area (Å²) < 4.78 is 0.687. The summed E-state index contributed by atoms with van der Waals surface area (Å²) in [6.45, 7) is 4.55. The quantitative estimate of drug-likeness (QED) is 0.581. The molecule has 0 aromatic heterocycles. The van der Waals surface area contributed by atoms with E-state index < -0.39 is 17.4 Å². The largest absolute Gasteiger partial charge is 0.323 e. The third kappa shape index (κ3) is 2.31. The fraction of sp³-hybridized carbons (Fsp3) is 0.375. The van der Waals surface area contributed by atoms with Gasteiger partial charge >= 0.3 is 0 Å². The van der Waals surface area contributed by atoms with E-state index in [9.17, 15) is 14.4 Å². The van der Waals surface area contributed by atoms with Gasteiger partial charge in [-0.2, -0.15) is 0 Å². The second-order valence-corrected chi connectivity index (χ2v) is 10.5. The van der Waals surface area contributed by atoms with E-state index in [1.54, 1.807) is 6.07 Å². The molecule has 0 radical (unpaired) electrons. The number of hydrogen-bond donors (Lipinski definition) is 1. The molecule has 4 aliphatic rings. The molecule has 32 heavy (non-hydrogen) atoms. The summed E-state index contributed by atoms with van der Waals surface area (Å²) in [4.78, 5) is 44.9. The molecule has 4 heterocycles. The fourth-order valence-electron chi connectivity index (χ4n) is 6.43. The van der Waals surface area contributed by atoms with Crippen LogP contribution in [0.4, 0.5) is 11.4 Å². The van der Waals surface area contributed by atoms with Gasteiger partial charge in [0.15, 0.2) is 0 Å². The van der Waals surface area contributed by atoms with Crippen LogP contribution >= 0.6 is 27.5 Å². The molecule has 2 aromatic rings. The van der Waals surface area contributed by atoms with Crippen LogP contribution in [0.1, 0.15) is 29.5 Å². The standard InChI is InChI=1S/C24H21BrClN3O3/c1-11-5-6-16(14(25)9-11)29-21(30)18-17-4-3-7-28(17)24(19(18)22(29)31)13-8-12(2)10-15(26)20(13)27-23(24)32/h5-6,8-10,17-19H,3-4,7H2,1-2H3,(H,27,32)/t17-,18+,19+,24-/m0/s1. The zero-order chi connectivity index (χ0) is 22.5. The molecule has 164 valence electrons. The molecule has 1 N–H and O–H groups in total. The predicted octanol–water partition coefficient (Wildman–Crippen LogP) is 4.15. The van der Waals surface area contributed by atoms with Crippen LogP contribution in [0.15, 0.2) is 34.8 Å². The number of rotatable bonds is 1. The van der Waals surface area contributed by atoms with Crippen LogP contribution in [0, 0.1) is 25.7 Å². The van der Waals surface area contributed by atoms with E-state index in [2.05, 4.69) is 26.1 Å². The third-order valence-electron chi connectivity index (χ3n) is 7.54. The molecule has 8 heteroatoms. The first-order valence-corrected chi connectivity index (χ1v) is 12.0. The summed E-state index contributed by atoms with van der Waals surface area (Å²) in [6.07, 6.45) is 1.67. The Labute approximate surface area is 199 Å². The molecule has 4 atom stereocenters. The van der Waals surface area contributed by atoms with E-state index in [0.717, 1.165) is 29.5 Å². The highest BCUT2D eigenvalue weighted by Gasteiger charge is 2.74. The number of carbonyl (C=O) groups is 3. The summed E-state index contributed by atoms with van der Waals surface area (Å²) in [6, 6.07) is 9.17. The van der Waals surface area contributed by atoms with Crippen molar-refractivity contribution in [2.75, 3.05) is 16.8 Å². The van der Waals surface area contributed by atoms with Gasteiger partial charge in [0.2, 0.25) is 11.8 Å². The summed E-state index contributed by atoms with van der Waals surface area (Å²) in [5.41, 5.74) is 2.53. The first kappa shape index (κ1) is 20.4. The Bertz CT molecular complexity index is 1250. The van der Waals surface area contributed by atoms with E-state index in [1.165, 1.54) is 4.90 Å². The Kier molecular flexibility index (Phi) is 4.24. The van der Waals surface area contributed by atoms with Crippen molar-refractivity contribution in [3.63, 3.8) is 0 Å². The number of aryl methyl sites for hydroxylation is 2. The van der Waals surface area contributed by atoms with Crippen molar-refractivity contribution in [3.8, 4) is 0 Å². The van der Waals surface area contributed by atoms with Crippen molar-refractivity contribution in [2.45, 2.75) is 38.3 Å². The second-order valence-electron chi connectivity index (χ2n) is 9.26. The summed E-state index contributed by atoms with van der Waals surface area (Å²) >= 11 is 10.0. The molecule has 0 aliphatic carbocycles. The van der Waals surface area contributed by atoms with E-state index in [1.807, 2.05) is 38.1 Å². The van der Waals surface area contributed by atoms with Crippen LogP contribution in [0.3, 0.4) is 0 Å². The number of halogens is 2. The van der Waals surface area contributed by atoms with Crippen molar-refractivity contribution in [1.82, 2.24) is 4.90 Å². The number of amides is 3. The number of anilines is 2. The molecule has 3 fully saturated rings. The molecule has 3 amide bonds. The zero-order valence-electron chi connectivity index (χ0n) is 17.6. The van der Waals surface area contributed by atoms with Crippen molar-refractivity contribution in [2.24, 2.45) is 11.8 Å². The van der Waals surface area contributed by atoms with Gasteiger partial charge in [0, 0.05) is 16.1 Å². The lowest BCUT2D eigenvalue weighted by molar-refractivity contribution is -0.135. The lowest BCUT2D eigenvalue weighted by atomic mass is 9.75. The number of nitrogens with zero attached hydrogens (tertiary/aromatic N) is 2. The number of hydrogen-bond acceptors (Lipinski definition) is 4. The van der Waals surface area contributed by atoms with E-state index in [0.29, 0.717) is 27.4 Å².